The molecule has 2 aliphatic rings. The van der Waals surface area contributed by atoms with Crippen LogP contribution in [0.3, 0.4) is 0 Å². The predicted octanol–water partition coefficient (Wildman–Crippen LogP) is 3.69. The smallest absolute Gasteiger partial charge is 0.240 e. The molecule has 34 heavy (non-hydrogen) atoms. The highest BCUT2D eigenvalue weighted by Gasteiger charge is 2.28. The lowest BCUT2D eigenvalue weighted by molar-refractivity contribution is -0.121. The van der Waals surface area contributed by atoms with Gasteiger partial charge in [0, 0.05) is 36.3 Å². The second-order valence-corrected chi connectivity index (χ2v) is 10.8. The van der Waals surface area contributed by atoms with Crippen LogP contribution in [0.25, 0.3) is 0 Å². The third-order valence-electron chi connectivity index (χ3n) is 6.63. The molecular weight excluding hydrogens is 454 g/mol. The molecule has 0 radical (unpaired) electrons. The summed E-state index contributed by atoms with van der Waals surface area (Å²) in [6.45, 7) is 0.348. The Balaban J connectivity index is 1.28. The number of carbonyl (C=O) groups is 2. The zero-order valence-corrected chi connectivity index (χ0v) is 20.1. The van der Waals surface area contributed by atoms with E-state index in [-0.39, 0.29) is 28.5 Å². The van der Waals surface area contributed by atoms with Crippen molar-refractivity contribution in [1.29, 1.82) is 0 Å². The molecule has 0 bridgehead atoms. The van der Waals surface area contributed by atoms with E-state index in [1.54, 1.807) is 25.3 Å². The van der Waals surface area contributed by atoms with Crippen LogP contribution in [-0.4, -0.2) is 33.9 Å². The van der Waals surface area contributed by atoms with Gasteiger partial charge in [-0.25, -0.2) is 13.1 Å². The second kappa shape index (κ2) is 10.6. The lowest BCUT2D eigenvalue weighted by Gasteiger charge is -2.28. The van der Waals surface area contributed by atoms with Crippen molar-refractivity contribution in [2.24, 2.45) is 11.8 Å². The van der Waals surface area contributed by atoms with Crippen molar-refractivity contribution >= 4 is 33.2 Å². The predicted molar refractivity (Wildman–Crippen MR) is 130 cm³/mol. The summed E-state index contributed by atoms with van der Waals surface area (Å²) in [5.41, 5.74) is 2.24. The summed E-state index contributed by atoms with van der Waals surface area (Å²) in [6.07, 6.45) is 4.82. The molecule has 4 rings (SSSR count). The number of rotatable bonds is 7. The fourth-order valence-corrected chi connectivity index (χ4v) is 5.77. The van der Waals surface area contributed by atoms with Crippen LogP contribution in [0, 0.1) is 11.8 Å². The van der Waals surface area contributed by atoms with Crippen LogP contribution in [0.2, 0.25) is 0 Å². The van der Waals surface area contributed by atoms with Crippen LogP contribution < -0.4 is 20.1 Å². The highest BCUT2D eigenvalue weighted by Crippen LogP contribution is 2.30. The lowest BCUT2D eigenvalue weighted by atomic mass is 9.81. The lowest BCUT2D eigenvalue weighted by Crippen LogP contribution is -2.33. The van der Waals surface area contributed by atoms with Crippen molar-refractivity contribution in [2.45, 2.75) is 49.8 Å². The molecule has 1 fully saturated rings. The Labute approximate surface area is 200 Å². The Morgan fingerprint density at radius 2 is 1.88 bits per heavy atom. The van der Waals surface area contributed by atoms with Gasteiger partial charge in [0.2, 0.25) is 21.8 Å². The van der Waals surface area contributed by atoms with Gasteiger partial charge < -0.3 is 15.4 Å². The molecule has 1 heterocycles. The molecule has 182 valence electrons. The summed E-state index contributed by atoms with van der Waals surface area (Å²) >= 11 is 0. The molecule has 8 nitrogen and oxygen atoms in total. The summed E-state index contributed by atoms with van der Waals surface area (Å²) in [5.74, 6) is 0.743. The van der Waals surface area contributed by atoms with Gasteiger partial charge in [-0.3, -0.25) is 9.59 Å². The van der Waals surface area contributed by atoms with Crippen LogP contribution in [-0.2, 0) is 26.0 Å². The van der Waals surface area contributed by atoms with E-state index in [1.165, 1.54) is 6.07 Å². The maximum atomic E-state index is 12.9. The Kier molecular flexibility index (Phi) is 7.53. The van der Waals surface area contributed by atoms with Crippen molar-refractivity contribution in [3.8, 4) is 5.75 Å². The number of sulfonamides is 1. The first-order valence-corrected chi connectivity index (χ1v) is 13.2. The summed E-state index contributed by atoms with van der Waals surface area (Å²) < 4.78 is 33.7. The molecule has 2 aromatic carbocycles. The van der Waals surface area contributed by atoms with Gasteiger partial charge in [-0.05, 0) is 80.3 Å². The number of hydrogen-bond donors (Lipinski definition) is 3. The molecule has 3 N–H and O–H groups in total. The number of methoxy groups -OCH3 is 1. The van der Waals surface area contributed by atoms with Crippen LogP contribution in [0.1, 0.15) is 44.1 Å². The Morgan fingerprint density at radius 3 is 2.65 bits per heavy atom. The summed E-state index contributed by atoms with van der Waals surface area (Å²) in [7, 11) is -2.06. The third kappa shape index (κ3) is 5.95. The zero-order chi connectivity index (χ0) is 24.1. The zero-order valence-electron chi connectivity index (χ0n) is 19.3. The number of carbonyl (C=O) groups excluding carboxylic acids is 2. The number of nitrogens with one attached hydrogen (secondary N) is 3. The van der Waals surface area contributed by atoms with Gasteiger partial charge >= 0.3 is 0 Å². The average Bonchev–Trinajstić information content (AvgIpc) is 3.03. The first-order valence-electron chi connectivity index (χ1n) is 11.7. The number of benzene rings is 2. The largest absolute Gasteiger partial charge is 0.497 e. The highest BCUT2D eigenvalue weighted by atomic mass is 32.2. The molecule has 9 heteroatoms. The number of fused-ring (bicyclic) bond motifs is 1. The topological polar surface area (TPSA) is 114 Å². The quantitative estimate of drug-likeness (QED) is 0.554. The first-order chi connectivity index (χ1) is 16.3. The average molecular weight is 486 g/mol. The van der Waals surface area contributed by atoms with Crippen LogP contribution in [0.4, 0.5) is 11.4 Å². The van der Waals surface area contributed by atoms with Gasteiger partial charge in [0.15, 0.2) is 0 Å². The van der Waals surface area contributed by atoms with Gasteiger partial charge in [0.05, 0.1) is 12.0 Å². The monoisotopic (exact) mass is 485 g/mol. The van der Waals surface area contributed by atoms with Crippen LogP contribution >= 0.6 is 0 Å². The minimum Gasteiger partial charge on any atom is -0.497 e. The standard InChI is InChI=1S/C25H31N3O5S/c1-33-21-6-3-5-20(15-21)27-25(30)18-10-8-17(9-11-18)16-26-34(31,32)22-12-13-23-19(14-22)4-2-7-24(29)28-23/h3,5-6,12-15,17-18,26H,2,4,7-11,16H2,1H3,(H,27,30)(H,28,29). The molecule has 1 aliphatic heterocycles. The van der Waals surface area contributed by atoms with E-state index in [9.17, 15) is 18.0 Å². The van der Waals surface area contributed by atoms with E-state index >= 15 is 0 Å². The number of ether oxygens (including phenoxy) is 1. The van der Waals surface area contributed by atoms with Crippen molar-refractivity contribution in [1.82, 2.24) is 4.72 Å². The minimum atomic E-state index is -3.65. The van der Waals surface area contributed by atoms with Crippen molar-refractivity contribution in [3.05, 3.63) is 48.0 Å². The van der Waals surface area contributed by atoms with Gasteiger partial charge in [-0.15, -0.1) is 0 Å². The molecule has 0 aromatic heterocycles. The van der Waals surface area contributed by atoms with E-state index in [1.807, 2.05) is 18.2 Å². The molecule has 0 saturated heterocycles. The molecule has 0 atom stereocenters. The Bertz CT molecular complexity index is 1160. The summed E-state index contributed by atoms with van der Waals surface area (Å²) in [5, 5.41) is 5.78. The van der Waals surface area contributed by atoms with E-state index in [0.29, 0.717) is 42.9 Å². The molecule has 2 amide bonds. The summed E-state index contributed by atoms with van der Waals surface area (Å²) in [4.78, 5) is 24.6. The first kappa shape index (κ1) is 24.2. The fourth-order valence-electron chi connectivity index (χ4n) is 4.60. The molecule has 2 aromatic rings. The Morgan fingerprint density at radius 1 is 1.09 bits per heavy atom. The number of aryl methyl sites for hydroxylation is 1. The minimum absolute atomic E-state index is 0.00986. The maximum absolute atomic E-state index is 12.9. The van der Waals surface area contributed by atoms with Gasteiger partial charge in [0.1, 0.15) is 5.75 Å². The molecule has 1 saturated carbocycles. The summed E-state index contributed by atoms with van der Waals surface area (Å²) in [6, 6.07) is 12.1. The maximum Gasteiger partial charge on any atom is 0.240 e. The number of hydrogen-bond acceptors (Lipinski definition) is 5. The molecule has 1 aliphatic carbocycles. The van der Waals surface area contributed by atoms with Crippen molar-refractivity contribution < 1.29 is 22.7 Å². The number of anilines is 2. The van der Waals surface area contributed by atoms with E-state index in [2.05, 4.69) is 15.4 Å². The molecular formula is C25H31N3O5S. The Hall–Kier alpha value is -2.91. The van der Waals surface area contributed by atoms with Crippen molar-refractivity contribution in [3.63, 3.8) is 0 Å². The normalized spacial score (nSPS) is 20.6. The van der Waals surface area contributed by atoms with E-state index in [0.717, 1.165) is 31.2 Å². The van der Waals surface area contributed by atoms with E-state index in [4.69, 9.17) is 4.74 Å². The van der Waals surface area contributed by atoms with Crippen molar-refractivity contribution in [2.75, 3.05) is 24.3 Å². The SMILES string of the molecule is COc1cccc(NC(=O)C2CCC(CNS(=O)(=O)c3ccc4c(c3)CCCC(=O)N4)CC2)c1. The number of amides is 2. The second-order valence-electron chi connectivity index (χ2n) is 9.01. The van der Waals surface area contributed by atoms with E-state index < -0.39 is 10.0 Å². The third-order valence-corrected chi connectivity index (χ3v) is 8.05. The van der Waals surface area contributed by atoms with Gasteiger partial charge in [-0.1, -0.05) is 6.07 Å². The van der Waals surface area contributed by atoms with Gasteiger partial charge in [0.25, 0.3) is 0 Å². The van der Waals surface area contributed by atoms with Gasteiger partial charge in [-0.2, -0.15) is 0 Å². The van der Waals surface area contributed by atoms with Crippen LogP contribution in [0.15, 0.2) is 47.4 Å². The highest BCUT2D eigenvalue weighted by molar-refractivity contribution is 7.89. The fraction of sp³-hybridized carbons (Fsp3) is 0.440. The van der Waals surface area contributed by atoms with Crippen LogP contribution in [0.5, 0.6) is 5.75 Å². The molecule has 0 spiro atoms. The molecule has 0 unspecified atom stereocenters.